The summed E-state index contributed by atoms with van der Waals surface area (Å²) in [7, 11) is 0. The van der Waals surface area contributed by atoms with Gasteiger partial charge in [-0.1, -0.05) is 12.1 Å². The topological polar surface area (TPSA) is 46.9 Å². The highest BCUT2D eigenvalue weighted by Gasteiger charge is 2.18. The first kappa shape index (κ1) is 14.5. The number of benzene rings is 1. The molecule has 0 saturated heterocycles. The Morgan fingerprint density at radius 3 is 2.90 bits per heavy atom. The van der Waals surface area contributed by atoms with E-state index in [9.17, 15) is 4.79 Å². The molecule has 4 nitrogen and oxygen atoms in total. The molecular weight excluding hydrogens is 330 g/mol. The summed E-state index contributed by atoms with van der Waals surface area (Å²) in [6, 6.07) is 6.01. The van der Waals surface area contributed by atoms with E-state index in [-0.39, 0.29) is 5.78 Å². The van der Waals surface area contributed by atoms with Crippen molar-refractivity contribution in [1.82, 2.24) is 15.1 Å². The van der Waals surface area contributed by atoms with Gasteiger partial charge in [0.25, 0.3) is 0 Å². The van der Waals surface area contributed by atoms with Gasteiger partial charge in [0.1, 0.15) is 0 Å². The first-order valence-corrected chi connectivity index (χ1v) is 7.97. The zero-order chi connectivity index (χ0) is 15.0. The summed E-state index contributed by atoms with van der Waals surface area (Å²) in [6.45, 7) is 6.51. The zero-order valence-electron chi connectivity index (χ0n) is 12.2. The third-order valence-electron chi connectivity index (χ3n) is 3.94. The Labute approximate surface area is 132 Å². The van der Waals surface area contributed by atoms with Crippen LogP contribution in [0.2, 0.25) is 0 Å². The van der Waals surface area contributed by atoms with E-state index in [0.29, 0.717) is 6.42 Å². The van der Waals surface area contributed by atoms with Gasteiger partial charge < -0.3 is 5.32 Å². The van der Waals surface area contributed by atoms with Gasteiger partial charge in [-0.05, 0) is 47.0 Å². The van der Waals surface area contributed by atoms with E-state index >= 15 is 0 Å². The standard InChI is InChI=1S/C16H18BrN3O/c1-3-20-14(16(17)10(2)19-20)7-15(21)11-4-5-12-8-18-9-13(12)6-11/h4-6,18H,3,7-9H2,1-2H3. The van der Waals surface area contributed by atoms with E-state index in [0.717, 1.165) is 41.1 Å². The van der Waals surface area contributed by atoms with Crippen molar-refractivity contribution in [2.24, 2.45) is 0 Å². The van der Waals surface area contributed by atoms with E-state index in [1.807, 2.05) is 30.7 Å². The smallest absolute Gasteiger partial charge is 0.168 e. The molecule has 3 rings (SSSR count). The third-order valence-corrected chi connectivity index (χ3v) is 4.97. The average molecular weight is 348 g/mol. The molecule has 0 amide bonds. The number of nitrogens with one attached hydrogen (secondary N) is 1. The number of hydrogen-bond acceptors (Lipinski definition) is 3. The van der Waals surface area contributed by atoms with Crippen LogP contribution in [0.25, 0.3) is 0 Å². The van der Waals surface area contributed by atoms with Gasteiger partial charge in [-0.2, -0.15) is 5.10 Å². The van der Waals surface area contributed by atoms with Crippen molar-refractivity contribution in [2.75, 3.05) is 0 Å². The van der Waals surface area contributed by atoms with Crippen LogP contribution in [0.15, 0.2) is 22.7 Å². The van der Waals surface area contributed by atoms with Crippen molar-refractivity contribution in [3.05, 3.63) is 50.8 Å². The molecule has 1 aromatic carbocycles. The number of aryl methyl sites for hydroxylation is 2. The fourth-order valence-electron chi connectivity index (χ4n) is 2.76. The molecule has 0 radical (unpaired) electrons. The van der Waals surface area contributed by atoms with Gasteiger partial charge in [-0.15, -0.1) is 0 Å². The largest absolute Gasteiger partial charge is 0.309 e. The molecule has 2 heterocycles. The predicted molar refractivity (Wildman–Crippen MR) is 85.4 cm³/mol. The van der Waals surface area contributed by atoms with Crippen molar-refractivity contribution in [1.29, 1.82) is 0 Å². The summed E-state index contributed by atoms with van der Waals surface area (Å²) in [5.41, 5.74) is 5.20. The van der Waals surface area contributed by atoms with Crippen molar-refractivity contribution in [3.63, 3.8) is 0 Å². The molecule has 1 N–H and O–H groups in total. The second kappa shape index (κ2) is 5.73. The van der Waals surface area contributed by atoms with Crippen LogP contribution in [-0.2, 0) is 26.1 Å². The third kappa shape index (κ3) is 2.68. The second-order valence-electron chi connectivity index (χ2n) is 5.35. The number of carbonyl (C=O) groups excluding carboxylic acids is 1. The number of aromatic nitrogens is 2. The lowest BCUT2D eigenvalue weighted by Crippen LogP contribution is -2.10. The number of fused-ring (bicyclic) bond motifs is 1. The van der Waals surface area contributed by atoms with Crippen LogP contribution in [-0.4, -0.2) is 15.6 Å². The lowest BCUT2D eigenvalue weighted by Gasteiger charge is -2.06. The fourth-order valence-corrected chi connectivity index (χ4v) is 3.18. The van der Waals surface area contributed by atoms with Crippen molar-refractivity contribution in [2.45, 2.75) is 39.9 Å². The maximum atomic E-state index is 12.6. The normalized spacial score (nSPS) is 13.5. The minimum atomic E-state index is 0.139. The Bertz CT molecular complexity index is 706. The molecule has 1 aliphatic rings. The molecule has 2 aromatic rings. The summed E-state index contributed by atoms with van der Waals surface area (Å²) in [5, 5.41) is 7.74. The van der Waals surface area contributed by atoms with E-state index < -0.39 is 0 Å². The Hall–Kier alpha value is -1.46. The van der Waals surface area contributed by atoms with Crippen LogP contribution in [0.5, 0.6) is 0 Å². The first-order chi connectivity index (χ1) is 10.1. The highest BCUT2D eigenvalue weighted by atomic mass is 79.9. The summed E-state index contributed by atoms with van der Waals surface area (Å²) in [6.07, 6.45) is 0.376. The highest BCUT2D eigenvalue weighted by Crippen LogP contribution is 2.24. The molecule has 0 bridgehead atoms. The van der Waals surface area contributed by atoms with E-state index in [1.54, 1.807) is 0 Å². The van der Waals surface area contributed by atoms with Crippen LogP contribution in [0, 0.1) is 6.92 Å². The monoisotopic (exact) mass is 347 g/mol. The number of Topliss-reactive ketones (excluding diaryl/α,β-unsaturated/α-hetero) is 1. The van der Waals surface area contributed by atoms with Crippen LogP contribution >= 0.6 is 15.9 Å². The first-order valence-electron chi connectivity index (χ1n) is 7.17. The van der Waals surface area contributed by atoms with Gasteiger partial charge in [0, 0.05) is 25.2 Å². The van der Waals surface area contributed by atoms with Gasteiger partial charge in [-0.3, -0.25) is 9.48 Å². The van der Waals surface area contributed by atoms with E-state index in [1.165, 1.54) is 11.1 Å². The molecule has 1 aliphatic heterocycles. The van der Waals surface area contributed by atoms with Crippen LogP contribution < -0.4 is 5.32 Å². The summed E-state index contributed by atoms with van der Waals surface area (Å²) >= 11 is 3.55. The van der Waals surface area contributed by atoms with Crippen LogP contribution in [0.4, 0.5) is 0 Å². The number of nitrogens with zero attached hydrogens (tertiary/aromatic N) is 2. The molecule has 0 unspecified atom stereocenters. The Morgan fingerprint density at radius 2 is 2.14 bits per heavy atom. The minimum Gasteiger partial charge on any atom is -0.309 e. The molecular formula is C16H18BrN3O. The Morgan fingerprint density at radius 1 is 1.38 bits per heavy atom. The quantitative estimate of drug-likeness (QED) is 0.864. The average Bonchev–Trinajstić information content (AvgIpc) is 3.05. The maximum absolute atomic E-state index is 12.6. The molecule has 0 fully saturated rings. The zero-order valence-corrected chi connectivity index (χ0v) is 13.8. The van der Waals surface area contributed by atoms with Crippen LogP contribution in [0.3, 0.4) is 0 Å². The molecule has 0 saturated carbocycles. The molecule has 1 aromatic heterocycles. The fraction of sp³-hybridized carbons (Fsp3) is 0.375. The lowest BCUT2D eigenvalue weighted by atomic mass is 10.0. The molecule has 0 aliphatic carbocycles. The van der Waals surface area contributed by atoms with Crippen molar-refractivity contribution >= 4 is 21.7 Å². The van der Waals surface area contributed by atoms with E-state index in [4.69, 9.17) is 0 Å². The van der Waals surface area contributed by atoms with Gasteiger partial charge in [0.05, 0.1) is 22.3 Å². The van der Waals surface area contributed by atoms with Crippen molar-refractivity contribution < 1.29 is 4.79 Å². The Kier molecular flexibility index (Phi) is 3.95. The van der Waals surface area contributed by atoms with Crippen molar-refractivity contribution in [3.8, 4) is 0 Å². The predicted octanol–water partition coefficient (Wildman–Crippen LogP) is 3.00. The van der Waals surface area contributed by atoms with Gasteiger partial charge in [0.2, 0.25) is 0 Å². The van der Waals surface area contributed by atoms with Gasteiger partial charge >= 0.3 is 0 Å². The molecule has 110 valence electrons. The minimum absolute atomic E-state index is 0.139. The highest BCUT2D eigenvalue weighted by molar-refractivity contribution is 9.10. The summed E-state index contributed by atoms with van der Waals surface area (Å²) < 4.78 is 2.84. The second-order valence-corrected chi connectivity index (χ2v) is 6.14. The van der Waals surface area contributed by atoms with Gasteiger partial charge in [0.15, 0.2) is 5.78 Å². The number of hydrogen-bond donors (Lipinski definition) is 1. The SMILES string of the molecule is CCn1nc(C)c(Br)c1CC(=O)c1ccc2c(c1)CNC2. The Balaban J connectivity index is 1.87. The van der Waals surface area contributed by atoms with E-state index in [2.05, 4.69) is 32.4 Å². The number of ketones is 1. The lowest BCUT2D eigenvalue weighted by molar-refractivity contribution is 0.0990. The van der Waals surface area contributed by atoms with Gasteiger partial charge in [-0.25, -0.2) is 0 Å². The maximum Gasteiger partial charge on any atom is 0.168 e. The van der Waals surface area contributed by atoms with Crippen LogP contribution in [0.1, 0.15) is 39.8 Å². The molecule has 0 spiro atoms. The number of carbonyl (C=O) groups is 1. The molecule has 21 heavy (non-hydrogen) atoms. The summed E-state index contributed by atoms with van der Waals surface area (Å²) in [4.78, 5) is 12.6. The molecule has 5 heteroatoms. The number of rotatable bonds is 4. The number of halogens is 1. The molecule has 0 atom stereocenters. The summed E-state index contributed by atoms with van der Waals surface area (Å²) in [5.74, 6) is 0.139.